The standard InChI is InChI=1S/C31H30Cl2N4O2/c1-3-4-17-35(31(39)34-24-16-11-21(2)25(33)19-24)20-29(38)37-27-9-6-5-8-26(27)36-18-7-10-28(36)30(37)22-12-14-23(32)15-13-22/h5-16,18-19,30H,3-4,17,20H2,1-2H3,(H,34,39). The number of fused-ring (bicyclic) bond motifs is 3. The highest BCUT2D eigenvalue weighted by Gasteiger charge is 2.37. The Morgan fingerprint density at radius 1 is 0.949 bits per heavy atom. The van der Waals surface area contributed by atoms with Gasteiger partial charge in [0.25, 0.3) is 0 Å². The quantitative estimate of drug-likeness (QED) is 0.250. The van der Waals surface area contributed by atoms with Gasteiger partial charge in [0.2, 0.25) is 5.91 Å². The zero-order valence-electron chi connectivity index (χ0n) is 21.9. The molecule has 1 N–H and O–H groups in total. The molecular formula is C31H30Cl2N4O2. The van der Waals surface area contributed by atoms with Crippen molar-refractivity contribution in [3.63, 3.8) is 0 Å². The molecule has 8 heteroatoms. The van der Waals surface area contributed by atoms with E-state index in [1.54, 1.807) is 11.0 Å². The van der Waals surface area contributed by atoms with Crippen LogP contribution in [0, 0.1) is 6.92 Å². The maximum atomic E-state index is 14.2. The molecule has 5 rings (SSSR count). The van der Waals surface area contributed by atoms with Crippen molar-refractivity contribution in [3.05, 3.63) is 112 Å². The third-order valence-corrected chi connectivity index (χ3v) is 7.65. The van der Waals surface area contributed by atoms with Crippen LogP contribution in [-0.2, 0) is 4.79 Å². The molecule has 1 aliphatic rings. The number of carbonyl (C=O) groups is 2. The number of nitrogens with zero attached hydrogens (tertiary/aromatic N) is 3. The van der Waals surface area contributed by atoms with Crippen molar-refractivity contribution in [2.75, 3.05) is 23.3 Å². The molecule has 1 aliphatic heterocycles. The monoisotopic (exact) mass is 560 g/mol. The lowest BCUT2D eigenvalue weighted by Gasteiger charge is -2.39. The van der Waals surface area contributed by atoms with E-state index in [1.807, 2.05) is 90.8 Å². The zero-order valence-corrected chi connectivity index (χ0v) is 23.4. The van der Waals surface area contributed by atoms with Crippen molar-refractivity contribution in [2.24, 2.45) is 0 Å². The Hall–Kier alpha value is -3.74. The second-order valence-corrected chi connectivity index (χ2v) is 10.5. The van der Waals surface area contributed by atoms with Gasteiger partial charge in [-0.3, -0.25) is 9.69 Å². The lowest BCUT2D eigenvalue weighted by Crippen LogP contribution is -2.48. The minimum absolute atomic E-state index is 0.0788. The number of carbonyl (C=O) groups excluding carboxylic acids is 2. The van der Waals surface area contributed by atoms with E-state index >= 15 is 0 Å². The lowest BCUT2D eigenvalue weighted by molar-refractivity contribution is -0.119. The number of para-hydroxylation sites is 2. The summed E-state index contributed by atoms with van der Waals surface area (Å²) < 4.78 is 2.11. The molecule has 2 heterocycles. The van der Waals surface area contributed by atoms with E-state index < -0.39 is 0 Å². The number of amides is 3. The van der Waals surface area contributed by atoms with Gasteiger partial charge in [-0.05, 0) is 73.0 Å². The minimum atomic E-state index is -0.383. The Bertz CT molecular complexity index is 1500. The number of halogens is 2. The van der Waals surface area contributed by atoms with Gasteiger partial charge < -0.3 is 14.8 Å². The van der Waals surface area contributed by atoms with Gasteiger partial charge >= 0.3 is 6.03 Å². The number of hydrogen-bond acceptors (Lipinski definition) is 2. The van der Waals surface area contributed by atoms with Gasteiger partial charge in [0.15, 0.2) is 0 Å². The van der Waals surface area contributed by atoms with E-state index in [-0.39, 0.29) is 24.5 Å². The summed E-state index contributed by atoms with van der Waals surface area (Å²) in [5.74, 6) is -0.178. The first-order chi connectivity index (χ1) is 18.9. The van der Waals surface area contributed by atoms with Crippen molar-refractivity contribution in [3.8, 4) is 5.69 Å². The van der Waals surface area contributed by atoms with E-state index in [9.17, 15) is 9.59 Å². The molecule has 0 spiro atoms. The Morgan fingerprint density at radius 3 is 2.41 bits per heavy atom. The van der Waals surface area contributed by atoms with Gasteiger partial charge in [0, 0.05) is 28.5 Å². The second-order valence-electron chi connectivity index (χ2n) is 9.68. The summed E-state index contributed by atoms with van der Waals surface area (Å²) >= 11 is 12.5. The first kappa shape index (κ1) is 26.9. The van der Waals surface area contributed by atoms with E-state index in [0.29, 0.717) is 22.3 Å². The Kier molecular flexibility index (Phi) is 7.96. The van der Waals surface area contributed by atoms with E-state index in [4.69, 9.17) is 23.2 Å². The average molecular weight is 562 g/mol. The highest BCUT2D eigenvalue weighted by molar-refractivity contribution is 6.31. The summed E-state index contributed by atoms with van der Waals surface area (Å²) in [6, 6.07) is 24.1. The molecule has 1 unspecified atom stereocenters. The van der Waals surface area contributed by atoms with Crippen molar-refractivity contribution in [1.82, 2.24) is 9.47 Å². The molecule has 1 aromatic heterocycles. The highest BCUT2D eigenvalue weighted by atomic mass is 35.5. The maximum Gasteiger partial charge on any atom is 0.322 e. The molecule has 0 bridgehead atoms. The number of anilines is 2. The van der Waals surface area contributed by atoms with Crippen LogP contribution in [0.1, 0.15) is 42.6 Å². The first-order valence-corrected chi connectivity index (χ1v) is 13.8. The van der Waals surface area contributed by atoms with Crippen molar-refractivity contribution in [1.29, 1.82) is 0 Å². The SMILES string of the molecule is CCCCN(CC(=O)N1c2ccccc2-n2cccc2C1c1ccc(Cl)cc1)C(=O)Nc1ccc(C)c(Cl)c1. The molecule has 0 saturated heterocycles. The van der Waals surface area contributed by atoms with Gasteiger partial charge in [-0.15, -0.1) is 0 Å². The summed E-state index contributed by atoms with van der Waals surface area (Å²) in [7, 11) is 0. The largest absolute Gasteiger partial charge is 0.322 e. The molecule has 39 heavy (non-hydrogen) atoms. The topological polar surface area (TPSA) is 57.6 Å². The van der Waals surface area contributed by atoms with Crippen molar-refractivity contribution < 1.29 is 9.59 Å². The molecule has 6 nitrogen and oxygen atoms in total. The lowest BCUT2D eigenvalue weighted by atomic mass is 9.97. The summed E-state index contributed by atoms with van der Waals surface area (Å²) in [6.07, 6.45) is 3.67. The van der Waals surface area contributed by atoms with E-state index in [0.717, 1.165) is 41.0 Å². The molecule has 200 valence electrons. The second kappa shape index (κ2) is 11.6. The predicted molar refractivity (Wildman–Crippen MR) is 158 cm³/mol. The van der Waals surface area contributed by atoms with Crippen LogP contribution >= 0.6 is 23.2 Å². The summed E-state index contributed by atoms with van der Waals surface area (Å²) in [6.45, 7) is 4.34. The van der Waals surface area contributed by atoms with E-state index in [1.165, 1.54) is 0 Å². The van der Waals surface area contributed by atoms with Crippen LogP contribution in [0.3, 0.4) is 0 Å². The third kappa shape index (κ3) is 5.54. The van der Waals surface area contributed by atoms with Gasteiger partial charge in [0.1, 0.15) is 12.6 Å². The number of hydrogen-bond donors (Lipinski definition) is 1. The summed E-state index contributed by atoms with van der Waals surface area (Å²) in [5.41, 5.74) is 5.10. The van der Waals surface area contributed by atoms with E-state index in [2.05, 4.69) is 16.8 Å². The minimum Gasteiger partial charge on any atom is -0.316 e. The number of rotatable bonds is 7. The number of benzene rings is 3. The molecule has 0 radical (unpaired) electrons. The zero-order chi connectivity index (χ0) is 27.5. The molecule has 1 atom stereocenters. The summed E-state index contributed by atoms with van der Waals surface area (Å²) in [4.78, 5) is 31.0. The maximum absolute atomic E-state index is 14.2. The molecule has 4 aromatic rings. The van der Waals surface area contributed by atoms with Crippen molar-refractivity contribution >= 4 is 46.5 Å². The fourth-order valence-corrected chi connectivity index (χ4v) is 5.24. The number of aryl methyl sites for hydroxylation is 1. The third-order valence-electron chi connectivity index (χ3n) is 6.99. The number of aromatic nitrogens is 1. The van der Waals surface area contributed by atoms with Crippen LogP contribution in [0.4, 0.5) is 16.2 Å². The molecule has 3 aromatic carbocycles. The van der Waals surface area contributed by atoms with Crippen LogP contribution in [0.5, 0.6) is 0 Å². The van der Waals surface area contributed by atoms with Gasteiger partial charge in [-0.2, -0.15) is 0 Å². The number of nitrogens with one attached hydrogen (secondary N) is 1. The van der Waals surface area contributed by atoms with Crippen LogP contribution in [-0.4, -0.2) is 34.5 Å². The van der Waals surface area contributed by atoms with Crippen molar-refractivity contribution in [2.45, 2.75) is 32.7 Å². The highest BCUT2D eigenvalue weighted by Crippen LogP contribution is 2.42. The molecule has 0 fully saturated rings. The normalized spacial score (nSPS) is 13.9. The average Bonchev–Trinajstić information content (AvgIpc) is 3.43. The van der Waals surface area contributed by atoms with Crippen LogP contribution in [0.25, 0.3) is 5.69 Å². The van der Waals surface area contributed by atoms with Crippen LogP contribution in [0.15, 0.2) is 85.1 Å². The molecule has 0 aliphatic carbocycles. The van der Waals surface area contributed by atoms with Gasteiger partial charge in [0.05, 0.1) is 17.1 Å². The molecular weight excluding hydrogens is 531 g/mol. The Balaban J connectivity index is 1.49. The van der Waals surface area contributed by atoms with Crippen LogP contribution in [0.2, 0.25) is 10.0 Å². The molecule has 3 amide bonds. The smallest absolute Gasteiger partial charge is 0.316 e. The summed E-state index contributed by atoms with van der Waals surface area (Å²) in [5, 5.41) is 4.12. The number of unbranched alkanes of at least 4 members (excludes halogenated alkanes) is 1. The Labute approximate surface area is 238 Å². The Morgan fingerprint density at radius 2 is 1.69 bits per heavy atom. The predicted octanol–water partition coefficient (Wildman–Crippen LogP) is 7.86. The fourth-order valence-electron chi connectivity index (χ4n) is 4.94. The number of urea groups is 1. The fraction of sp³-hybridized carbons (Fsp3) is 0.226. The first-order valence-electron chi connectivity index (χ1n) is 13.0. The van der Waals surface area contributed by atoms with Crippen LogP contribution < -0.4 is 10.2 Å². The molecule has 0 saturated carbocycles. The van der Waals surface area contributed by atoms with Gasteiger partial charge in [-0.1, -0.05) is 66.9 Å². The van der Waals surface area contributed by atoms with Gasteiger partial charge in [-0.25, -0.2) is 4.79 Å².